The molecule has 3 nitrogen and oxygen atoms in total. The van der Waals surface area contributed by atoms with Gasteiger partial charge in [-0.3, -0.25) is 4.68 Å². The van der Waals surface area contributed by atoms with E-state index in [1.54, 1.807) is 0 Å². The molecule has 2 unspecified atom stereocenters. The average Bonchev–Trinajstić information content (AvgIpc) is 2.97. The van der Waals surface area contributed by atoms with E-state index < -0.39 is 0 Å². The second-order valence-corrected chi connectivity index (χ2v) is 5.94. The molecule has 2 atom stereocenters. The van der Waals surface area contributed by atoms with Crippen LogP contribution in [0.2, 0.25) is 0 Å². The molecule has 0 aliphatic heterocycles. The van der Waals surface area contributed by atoms with Crippen LogP contribution in [0, 0.1) is 5.92 Å². The Balaban J connectivity index is 1.81. The van der Waals surface area contributed by atoms with E-state index in [-0.39, 0.29) is 0 Å². The van der Waals surface area contributed by atoms with Gasteiger partial charge in [0, 0.05) is 18.8 Å². The maximum atomic E-state index is 4.41. The van der Waals surface area contributed by atoms with E-state index in [9.17, 15) is 0 Å². The standard InChI is InChI=1S/C18H25N3/c1-3-19-18-16(11-14-12-20-21(4-2)13-14)10-9-15-7-5-6-8-17(15)18/h5-8,12-13,16,18-19H,3-4,9-11H2,1-2H3. The third-order valence-corrected chi connectivity index (χ3v) is 4.58. The topological polar surface area (TPSA) is 29.9 Å². The van der Waals surface area contributed by atoms with E-state index in [0.717, 1.165) is 19.5 Å². The lowest BCUT2D eigenvalue weighted by Crippen LogP contribution is -2.33. The minimum atomic E-state index is 0.477. The van der Waals surface area contributed by atoms with Crippen LogP contribution in [0.25, 0.3) is 0 Å². The Morgan fingerprint density at radius 3 is 2.90 bits per heavy atom. The first kappa shape index (κ1) is 14.3. The van der Waals surface area contributed by atoms with Gasteiger partial charge in [-0.1, -0.05) is 31.2 Å². The SMILES string of the molecule is CCNC1c2ccccc2CCC1Cc1cnn(CC)c1. The largest absolute Gasteiger partial charge is 0.310 e. The summed E-state index contributed by atoms with van der Waals surface area (Å²) < 4.78 is 2.02. The second-order valence-electron chi connectivity index (χ2n) is 5.94. The Labute approximate surface area is 127 Å². The van der Waals surface area contributed by atoms with E-state index in [0.29, 0.717) is 12.0 Å². The van der Waals surface area contributed by atoms with E-state index in [4.69, 9.17) is 0 Å². The van der Waals surface area contributed by atoms with Crippen LogP contribution < -0.4 is 5.32 Å². The zero-order valence-electron chi connectivity index (χ0n) is 13.0. The Morgan fingerprint density at radius 2 is 2.14 bits per heavy atom. The molecule has 1 heterocycles. The molecule has 1 aliphatic rings. The predicted octanol–water partition coefficient (Wildman–Crippen LogP) is 3.36. The van der Waals surface area contributed by atoms with Crippen molar-refractivity contribution in [2.24, 2.45) is 5.92 Å². The quantitative estimate of drug-likeness (QED) is 0.912. The molecular weight excluding hydrogens is 258 g/mol. The van der Waals surface area contributed by atoms with Gasteiger partial charge in [0.15, 0.2) is 0 Å². The normalized spacial score (nSPS) is 21.2. The number of rotatable bonds is 5. The fourth-order valence-corrected chi connectivity index (χ4v) is 3.53. The summed E-state index contributed by atoms with van der Waals surface area (Å²) in [6.45, 7) is 6.30. The van der Waals surface area contributed by atoms with Gasteiger partial charge in [-0.25, -0.2) is 0 Å². The van der Waals surface area contributed by atoms with Crippen molar-refractivity contribution in [2.45, 2.75) is 45.7 Å². The van der Waals surface area contributed by atoms with Gasteiger partial charge < -0.3 is 5.32 Å². The van der Waals surface area contributed by atoms with Gasteiger partial charge in [0.25, 0.3) is 0 Å². The Kier molecular flexibility index (Phi) is 4.39. The zero-order valence-corrected chi connectivity index (χ0v) is 13.0. The highest BCUT2D eigenvalue weighted by atomic mass is 15.3. The summed E-state index contributed by atoms with van der Waals surface area (Å²) >= 11 is 0. The molecule has 0 amide bonds. The van der Waals surface area contributed by atoms with Crippen molar-refractivity contribution in [1.29, 1.82) is 0 Å². The number of nitrogens with one attached hydrogen (secondary N) is 1. The molecule has 2 aromatic rings. The van der Waals surface area contributed by atoms with Crippen LogP contribution in [0.15, 0.2) is 36.7 Å². The molecule has 0 radical (unpaired) electrons. The summed E-state index contributed by atoms with van der Waals surface area (Å²) in [5.74, 6) is 0.661. The minimum absolute atomic E-state index is 0.477. The smallest absolute Gasteiger partial charge is 0.0521 e. The van der Waals surface area contributed by atoms with Gasteiger partial charge in [-0.15, -0.1) is 0 Å². The van der Waals surface area contributed by atoms with Gasteiger partial charge in [0.1, 0.15) is 0 Å². The molecule has 1 aromatic heterocycles. The molecule has 0 spiro atoms. The Hall–Kier alpha value is -1.61. The molecule has 3 rings (SSSR count). The highest BCUT2D eigenvalue weighted by Crippen LogP contribution is 2.36. The van der Waals surface area contributed by atoms with Gasteiger partial charge >= 0.3 is 0 Å². The molecule has 0 saturated heterocycles. The average molecular weight is 283 g/mol. The van der Waals surface area contributed by atoms with Gasteiger partial charge in [0.2, 0.25) is 0 Å². The first-order valence-corrected chi connectivity index (χ1v) is 8.14. The van der Waals surface area contributed by atoms with Crippen LogP contribution in [0.3, 0.4) is 0 Å². The first-order chi connectivity index (χ1) is 10.3. The fourth-order valence-electron chi connectivity index (χ4n) is 3.53. The summed E-state index contributed by atoms with van der Waals surface area (Å²) in [4.78, 5) is 0. The zero-order chi connectivity index (χ0) is 14.7. The van der Waals surface area contributed by atoms with Crippen molar-refractivity contribution in [2.75, 3.05) is 6.54 Å². The van der Waals surface area contributed by atoms with Crippen molar-refractivity contribution < 1.29 is 0 Å². The van der Waals surface area contributed by atoms with E-state index in [2.05, 4.69) is 54.7 Å². The maximum absolute atomic E-state index is 4.41. The summed E-state index contributed by atoms with van der Waals surface area (Å²) in [6.07, 6.45) is 7.80. The molecule has 1 N–H and O–H groups in total. The number of aryl methyl sites for hydroxylation is 2. The molecule has 1 aromatic carbocycles. The monoisotopic (exact) mass is 283 g/mol. The van der Waals surface area contributed by atoms with Crippen molar-refractivity contribution in [3.05, 3.63) is 53.3 Å². The van der Waals surface area contributed by atoms with Crippen LogP contribution in [0.4, 0.5) is 0 Å². The lowest BCUT2D eigenvalue weighted by molar-refractivity contribution is 0.323. The van der Waals surface area contributed by atoms with Crippen molar-refractivity contribution in [3.63, 3.8) is 0 Å². The highest BCUT2D eigenvalue weighted by molar-refractivity contribution is 5.33. The van der Waals surface area contributed by atoms with Crippen molar-refractivity contribution in [3.8, 4) is 0 Å². The van der Waals surface area contributed by atoms with Gasteiger partial charge in [0.05, 0.1) is 6.20 Å². The van der Waals surface area contributed by atoms with E-state index in [1.165, 1.54) is 29.5 Å². The fraction of sp³-hybridized carbons (Fsp3) is 0.500. The molecule has 112 valence electrons. The number of fused-ring (bicyclic) bond motifs is 1. The number of hydrogen-bond acceptors (Lipinski definition) is 2. The van der Waals surface area contributed by atoms with Crippen LogP contribution in [-0.2, 0) is 19.4 Å². The molecule has 0 fully saturated rings. The molecular formula is C18H25N3. The summed E-state index contributed by atoms with van der Waals surface area (Å²) in [5, 5.41) is 8.12. The third-order valence-electron chi connectivity index (χ3n) is 4.58. The highest BCUT2D eigenvalue weighted by Gasteiger charge is 2.28. The number of benzene rings is 1. The molecule has 3 heteroatoms. The number of nitrogens with zero attached hydrogens (tertiary/aromatic N) is 2. The van der Waals surface area contributed by atoms with E-state index in [1.807, 2.05) is 10.9 Å². The van der Waals surface area contributed by atoms with Crippen LogP contribution in [0.1, 0.15) is 43.0 Å². The lowest BCUT2D eigenvalue weighted by Gasteiger charge is -2.34. The second kappa shape index (κ2) is 6.44. The maximum Gasteiger partial charge on any atom is 0.0521 e. The van der Waals surface area contributed by atoms with Gasteiger partial charge in [-0.2, -0.15) is 5.10 Å². The lowest BCUT2D eigenvalue weighted by atomic mass is 9.77. The Morgan fingerprint density at radius 1 is 1.29 bits per heavy atom. The number of hydrogen-bond donors (Lipinski definition) is 1. The predicted molar refractivity (Wildman–Crippen MR) is 86.3 cm³/mol. The summed E-state index contributed by atoms with van der Waals surface area (Å²) in [7, 11) is 0. The Bertz CT molecular complexity index is 588. The molecule has 21 heavy (non-hydrogen) atoms. The summed E-state index contributed by atoms with van der Waals surface area (Å²) in [6, 6.07) is 9.38. The van der Waals surface area contributed by atoms with Crippen LogP contribution in [-0.4, -0.2) is 16.3 Å². The first-order valence-electron chi connectivity index (χ1n) is 8.14. The van der Waals surface area contributed by atoms with Gasteiger partial charge in [-0.05, 0) is 55.3 Å². The van der Waals surface area contributed by atoms with E-state index >= 15 is 0 Å². The van der Waals surface area contributed by atoms with Crippen LogP contribution in [0.5, 0.6) is 0 Å². The number of aromatic nitrogens is 2. The minimum Gasteiger partial charge on any atom is -0.310 e. The summed E-state index contributed by atoms with van der Waals surface area (Å²) in [5.41, 5.74) is 4.38. The molecule has 1 aliphatic carbocycles. The van der Waals surface area contributed by atoms with Crippen LogP contribution >= 0.6 is 0 Å². The molecule has 0 bridgehead atoms. The molecule has 0 saturated carbocycles. The van der Waals surface area contributed by atoms with Crippen molar-refractivity contribution >= 4 is 0 Å². The van der Waals surface area contributed by atoms with Crippen molar-refractivity contribution in [1.82, 2.24) is 15.1 Å². The third kappa shape index (κ3) is 3.03.